The molecule has 5 heteroatoms. The molecule has 3 aromatic rings. The van der Waals surface area contributed by atoms with Crippen LogP contribution >= 0.6 is 0 Å². The number of para-hydroxylation sites is 2. The van der Waals surface area contributed by atoms with Crippen molar-refractivity contribution in [2.75, 3.05) is 11.9 Å². The molecule has 0 aliphatic rings. The number of benzene rings is 2. The number of nitrogens with one attached hydrogen (secondary N) is 1. The summed E-state index contributed by atoms with van der Waals surface area (Å²) in [5.74, 6) is 0.692. The smallest absolute Gasteiger partial charge is 0.224 e. The highest BCUT2D eigenvalue weighted by Gasteiger charge is 2.08. The molecule has 27 heavy (non-hydrogen) atoms. The molecular weight excluding hydrogens is 338 g/mol. The Balaban J connectivity index is 1.46. The number of hydrogen-bond donors (Lipinski definition) is 1. The minimum absolute atomic E-state index is 0.00720. The molecule has 0 atom stereocenters. The lowest BCUT2D eigenvalue weighted by atomic mass is 10.1. The van der Waals surface area contributed by atoms with E-state index in [4.69, 9.17) is 4.74 Å². The molecule has 0 saturated heterocycles. The van der Waals surface area contributed by atoms with Gasteiger partial charge in [-0.2, -0.15) is 0 Å². The van der Waals surface area contributed by atoms with E-state index in [2.05, 4.69) is 41.5 Å². The number of imidazole rings is 1. The molecule has 5 nitrogen and oxygen atoms in total. The maximum Gasteiger partial charge on any atom is 0.224 e. The Morgan fingerprint density at radius 2 is 1.96 bits per heavy atom. The lowest BCUT2D eigenvalue weighted by molar-refractivity contribution is -0.116. The van der Waals surface area contributed by atoms with Gasteiger partial charge < -0.3 is 14.6 Å². The highest BCUT2D eigenvalue weighted by molar-refractivity contribution is 5.92. The molecule has 140 valence electrons. The standard InChI is InChI=1S/C22H25N3O2/c1-18-9-11-19(12-10-18)5-4-8-22(26)24-20-6-2-3-7-21(20)27-16-15-25-14-13-23-17-25/h2-3,6-7,9-14,17H,4-5,8,15-16H2,1H3,(H,24,26). The van der Waals surface area contributed by atoms with Crippen molar-refractivity contribution in [1.82, 2.24) is 9.55 Å². The van der Waals surface area contributed by atoms with Gasteiger partial charge in [0, 0.05) is 18.8 Å². The first-order chi connectivity index (χ1) is 13.2. The maximum atomic E-state index is 12.3. The monoisotopic (exact) mass is 363 g/mol. The number of hydrogen-bond acceptors (Lipinski definition) is 3. The third-order valence-corrected chi connectivity index (χ3v) is 4.32. The molecule has 1 N–H and O–H groups in total. The summed E-state index contributed by atoms with van der Waals surface area (Å²) in [6.07, 6.45) is 7.59. The highest BCUT2D eigenvalue weighted by atomic mass is 16.5. The van der Waals surface area contributed by atoms with Crippen molar-refractivity contribution in [2.45, 2.75) is 32.7 Å². The number of carbonyl (C=O) groups is 1. The quantitative estimate of drug-likeness (QED) is 0.619. The number of nitrogens with zero attached hydrogens (tertiary/aromatic N) is 2. The molecule has 0 fully saturated rings. The van der Waals surface area contributed by atoms with Gasteiger partial charge in [-0.25, -0.2) is 4.98 Å². The summed E-state index contributed by atoms with van der Waals surface area (Å²) < 4.78 is 7.78. The highest BCUT2D eigenvalue weighted by Crippen LogP contribution is 2.24. The molecule has 1 heterocycles. The fourth-order valence-electron chi connectivity index (χ4n) is 2.80. The van der Waals surface area contributed by atoms with E-state index in [0.29, 0.717) is 31.0 Å². The molecule has 0 unspecified atom stereocenters. The van der Waals surface area contributed by atoms with Crippen LogP contribution in [0, 0.1) is 6.92 Å². The maximum absolute atomic E-state index is 12.3. The van der Waals surface area contributed by atoms with Crippen LogP contribution in [-0.2, 0) is 17.8 Å². The molecular formula is C22H25N3O2. The van der Waals surface area contributed by atoms with Gasteiger partial charge in [0.25, 0.3) is 0 Å². The van der Waals surface area contributed by atoms with Crippen LogP contribution < -0.4 is 10.1 Å². The molecule has 0 saturated carbocycles. The summed E-state index contributed by atoms with van der Waals surface area (Å²) in [5, 5.41) is 2.97. The van der Waals surface area contributed by atoms with Crippen molar-refractivity contribution in [3.63, 3.8) is 0 Å². The minimum Gasteiger partial charge on any atom is -0.490 e. The summed E-state index contributed by atoms with van der Waals surface area (Å²) in [5.41, 5.74) is 3.22. The van der Waals surface area contributed by atoms with Gasteiger partial charge in [0.1, 0.15) is 12.4 Å². The van der Waals surface area contributed by atoms with Gasteiger partial charge >= 0.3 is 0 Å². The fraction of sp³-hybridized carbons (Fsp3) is 0.273. The number of amides is 1. The first-order valence-electron chi connectivity index (χ1n) is 9.24. The predicted molar refractivity (Wildman–Crippen MR) is 107 cm³/mol. The topological polar surface area (TPSA) is 56.1 Å². The van der Waals surface area contributed by atoms with Crippen molar-refractivity contribution < 1.29 is 9.53 Å². The number of carbonyl (C=O) groups excluding carboxylic acids is 1. The predicted octanol–water partition coefficient (Wildman–Crippen LogP) is 4.23. The molecule has 1 aromatic heterocycles. The van der Waals surface area contributed by atoms with E-state index in [-0.39, 0.29) is 5.91 Å². The van der Waals surface area contributed by atoms with E-state index in [0.717, 1.165) is 12.8 Å². The van der Waals surface area contributed by atoms with Gasteiger partial charge in [0.15, 0.2) is 0 Å². The van der Waals surface area contributed by atoms with Crippen LogP contribution in [0.4, 0.5) is 5.69 Å². The third-order valence-electron chi connectivity index (χ3n) is 4.32. The van der Waals surface area contributed by atoms with Gasteiger partial charge in [-0.3, -0.25) is 4.79 Å². The van der Waals surface area contributed by atoms with Gasteiger partial charge in [0.2, 0.25) is 5.91 Å². The summed E-state index contributed by atoms with van der Waals surface area (Å²) >= 11 is 0. The Morgan fingerprint density at radius 1 is 1.15 bits per heavy atom. The van der Waals surface area contributed by atoms with Crippen LogP contribution in [0.3, 0.4) is 0 Å². The lowest BCUT2D eigenvalue weighted by Gasteiger charge is -2.12. The first kappa shape index (κ1) is 18.7. The Hall–Kier alpha value is -3.08. The van der Waals surface area contributed by atoms with Gasteiger partial charge in [-0.15, -0.1) is 0 Å². The van der Waals surface area contributed by atoms with Crippen molar-refractivity contribution in [2.24, 2.45) is 0 Å². The molecule has 0 bridgehead atoms. The zero-order valence-corrected chi connectivity index (χ0v) is 15.6. The second-order valence-corrected chi connectivity index (χ2v) is 6.53. The second kappa shape index (κ2) is 9.57. The van der Waals surface area contributed by atoms with Crippen molar-refractivity contribution in [3.05, 3.63) is 78.4 Å². The molecule has 3 rings (SSSR count). The Bertz CT molecular complexity index is 842. The van der Waals surface area contributed by atoms with Crippen LogP contribution in [0.2, 0.25) is 0 Å². The van der Waals surface area contributed by atoms with Crippen LogP contribution in [0.5, 0.6) is 5.75 Å². The molecule has 0 aliphatic carbocycles. The van der Waals surface area contributed by atoms with E-state index < -0.39 is 0 Å². The summed E-state index contributed by atoms with van der Waals surface area (Å²) in [6.45, 7) is 3.29. The number of aryl methyl sites for hydroxylation is 2. The number of aromatic nitrogens is 2. The minimum atomic E-state index is 0.00720. The van der Waals surface area contributed by atoms with Gasteiger partial charge in [-0.1, -0.05) is 42.0 Å². The molecule has 1 amide bonds. The van der Waals surface area contributed by atoms with Gasteiger partial charge in [-0.05, 0) is 37.5 Å². The fourth-order valence-corrected chi connectivity index (χ4v) is 2.80. The van der Waals surface area contributed by atoms with Crippen molar-refractivity contribution >= 4 is 11.6 Å². The van der Waals surface area contributed by atoms with Crippen molar-refractivity contribution in [3.8, 4) is 5.75 Å². The Labute approximate surface area is 160 Å². The van der Waals surface area contributed by atoms with Crippen LogP contribution in [-0.4, -0.2) is 22.1 Å². The summed E-state index contributed by atoms with van der Waals surface area (Å²) in [4.78, 5) is 16.3. The normalized spacial score (nSPS) is 10.6. The summed E-state index contributed by atoms with van der Waals surface area (Å²) in [7, 11) is 0. The van der Waals surface area contributed by atoms with Crippen LogP contribution in [0.25, 0.3) is 0 Å². The zero-order valence-electron chi connectivity index (χ0n) is 15.6. The number of ether oxygens (including phenoxy) is 1. The Kier molecular flexibility index (Phi) is 6.63. The average Bonchev–Trinajstić information content (AvgIpc) is 3.18. The second-order valence-electron chi connectivity index (χ2n) is 6.53. The summed E-state index contributed by atoms with van der Waals surface area (Å²) in [6, 6.07) is 16.0. The molecule has 0 aliphatic heterocycles. The van der Waals surface area contributed by atoms with E-state index >= 15 is 0 Å². The van der Waals surface area contributed by atoms with E-state index in [1.165, 1.54) is 11.1 Å². The van der Waals surface area contributed by atoms with Crippen LogP contribution in [0.15, 0.2) is 67.3 Å². The molecule has 2 aromatic carbocycles. The molecule has 0 spiro atoms. The van der Waals surface area contributed by atoms with Crippen LogP contribution in [0.1, 0.15) is 24.0 Å². The van der Waals surface area contributed by atoms with E-state index in [1.807, 2.05) is 35.0 Å². The molecule has 0 radical (unpaired) electrons. The Morgan fingerprint density at radius 3 is 2.74 bits per heavy atom. The third kappa shape index (κ3) is 5.99. The SMILES string of the molecule is Cc1ccc(CCCC(=O)Nc2ccccc2OCCn2ccnc2)cc1. The largest absolute Gasteiger partial charge is 0.490 e. The van der Waals surface area contributed by atoms with E-state index in [1.54, 1.807) is 12.5 Å². The lowest BCUT2D eigenvalue weighted by Crippen LogP contribution is -2.13. The number of anilines is 1. The van der Waals surface area contributed by atoms with E-state index in [9.17, 15) is 4.79 Å². The first-order valence-corrected chi connectivity index (χ1v) is 9.24. The zero-order chi connectivity index (χ0) is 18.9. The van der Waals surface area contributed by atoms with Crippen molar-refractivity contribution in [1.29, 1.82) is 0 Å². The average molecular weight is 363 g/mol. The number of rotatable bonds is 9. The van der Waals surface area contributed by atoms with Gasteiger partial charge in [0.05, 0.1) is 18.6 Å².